The molecule has 0 fully saturated rings. The lowest BCUT2D eigenvalue weighted by Gasteiger charge is -2.13. The molecule has 3 rings (SSSR count). The van der Waals surface area contributed by atoms with Gasteiger partial charge in [-0.1, -0.05) is 17.7 Å². The summed E-state index contributed by atoms with van der Waals surface area (Å²) in [5.41, 5.74) is 0.778. The Balaban J connectivity index is 1.71. The Morgan fingerprint density at radius 3 is 2.62 bits per heavy atom. The molecule has 136 valence electrons. The molecule has 0 saturated carbocycles. The third-order valence-electron chi connectivity index (χ3n) is 3.32. The van der Waals surface area contributed by atoms with Gasteiger partial charge in [0, 0.05) is 6.20 Å². The van der Waals surface area contributed by atoms with Gasteiger partial charge in [0.15, 0.2) is 5.75 Å². The van der Waals surface area contributed by atoms with Crippen molar-refractivity contribution in [3.8, 4) is 17.4 Å². The normalized spacial score (nSPS) is 11.0. The molecule has 1 N–H and O–H groups in total. The molecule has 0 bridgehead atoms. The second-order valence-corrected chi connectivity index (χ2v) is 5.44. The summed E-state index contributed by atoms with van der Waals surface area (Å²) in [4.78, 5) is 12.2. The monoisotopic (exact) mass is 382 g/mol. The number of hydrogen-bond donors (Lipinski definition) is 1. The van der Waals surface area contributed by atoms with Crippen LogP contribution < -0.4 is 9.47 Å². The zero-order valence-electron chi connectivity index (χ0n) is 13.2. The molecule has 7 nitrogen and oxygen atoms in total. The van der Waals surface area contributed by atoms with E-state index in [0.29, 0.717) is 23.0 Å². The Labute approximate surface area is 151 Å². The summed E-state index contributed by atoms with van der Waals surface area (Å²) in [6, 6.07) is 4.44. The topological polar surface area (TPSA) is 82.3 Å². The van der Waals surface area contributed by atoms with Gasteiger partial charge in [-0.3, -0.25) is 4.57 Å². The van der Waals surface area contributed by atoms with Crippen LogP contribution in [0.4, 0.5) is 8.78 Å². The molecule has 0 unspecified atom stereocenters. The maximum atomic E-state index is 12.5. The van der Waals surface area contributed by atoms with Gasteiger partial charge in [0.25, 0.3) is 0 Å². The van der Waals surface area contributed by atoms with Crippen LogP contribution in [-0.4, -0.2) is 31.2 Å². The van der Waals surface area contributed by atoms with Gasteiger partial charge in [0.05, 0.1) is 35.3 Å². The molecule has 2 aromatic heterocycles. The van der Waals surface area contributed by atoms with Crippen LogP contribution in [0.25, 0.3) is 5.95 Å². The van der Waals surface area contributed by atoms with E-state index in [1.807, 2.05) is 0 Å². The zero-order chi connectivity index (χ0) is 18.5. The number of hydrogen-bond acceptors (Lipinski definition) is 6. The molecule has 3 aromatic rings. The molecule has 10 heteroatoms. The lowest BCUT2D eigenvalue weighted by Crippen LogP contribution is -2.07. The van der Waals surface area contributed by atoms with Gasteiger partial charge in [-0.25, -0.2) is 15.0 Å². The third kappa shape index (κ3) is 4.24. The minimum atomic E-state index is -2.96. The van der Waals surface area contributed by atoms with Crippen molar-refractivity contribution >= 4 is 11.6 Å². The Morgan fingerprint density at radius 2 is 1.96 bits per heavy atom. The lowest BCUT2D eigenvalue weighted by atomic mass is 10.2. The fraction of sp³-hybridized carbons (Fsp3) is 0.188. The molecule has 0 amide bonds. The standard InChI is InChI=1S/C16H13ClF2N4O3/c17-13-2-1-3-14(26-15(18)19)12(13)8-25-11-4-20-16(21-5-11)23-6-10(7-24)22-9-23/h1-6,9,15,24H,7-8H2. The SMILES string of the molecule is OCc1cn(-c2ncc(OCc3c(Cl)cccc3OC(F)F)cn2)cn1. The second kappa shape index (κ2) is 8.07. The average Bonchev–Trinajstić information content (AvgIpc) is 3.10. The second-order valence-electron chi connectivity index (χ2n) is 5.03. The first-order chi connectivity index (χ1) is 12.6. The van der Waals surface area contributed by atoms with Crippen molar-refractivity contribution in [2.75, 3.05) is 0 Å². The van der Waals surface area contributed by atoms with Gasteiger partial charge in [-0.05, 0) is 12.1 Å². The lowest BCUT2D eigenvalue weighted by molar-refractivity contribution is -0.0508. The van der Waals surface area contributed by atoms with Crippen molar-refractivity contribution in [2.45, 2.75) is 19.8 Å². The summed E-state index contributed by atoms with van der Waals surface area (Å²) < 4.78 is 36.5. The Kier molecular flexibility index (Phi) is 5.59. The van der Waals surface area contributed by atoms with E-state index in [1.165, 1.54) is 35.4 Å². The van der Waals surface area contributed by atoms with E-state index in [4.69, 9.17) is 21.4 Å². The molecule has 26 heavy (non-hydrogen) atoms. The molecule has 0 aliphatic carbocycles. The van der Waals surface area contributed by atoms with Crippen LogP contribution in [0.3, 0.4) is 0 Å². The Morgan fingerprint density at radius 1 is 1.19 bits per heavy atom. The predicted molar refractivity (Wildman–Crippen MR) is 87.5 cm³/mol. The van der Waals surface area contributed by atoms with E-state index in [1.54, 1.807) is 12.3 Å². The molecule has 2 heterocycles. The Bertz CT molecular complexity index is 874. The number of ether oxygens (including phenoxy) is 2. The van der Waals surface area contributed by atoms with Crippen molar-refractivity contribution in [3.63, 3.8) is 0 Å². The first-order valence-electron chi connectivity index (χ1n) is 7.38. The van der Waals surface area contributed by atoms with Gasteiger partial charge in [-0.2, -0.15) is 8.78 Å². The molecule has 0 aliphatic heterocycles. The number of aliphatic hydroxyl groups is 1. The molecule has 0 saturated heterocycles. The van der Waals surface area contributed by atoms with E-state index in [9.17, 15) is 8.78 Å². The fourth-order valence-electron chi connectivity index (χ4n) is 2.11. The van der Waals surface area contributed by atoms with E-state index in [2.05, 4.69) is 19.7 Å². The van der Waals surface area contributed by atoms with Crippen molar-refractivity contribution in [2.24, 2.45) is 0 Å². The number of rotatable bonds is 7. The highest BCUT2D eigenvalue weighted by Crippen LogP contribution is 2.29. The van der Waals surface area contributed by atoms with E-state index in [-0.39, 0.29) is 24.0 Å². The first-order valence-corrected chi connectivity index (χ1v) is 7.75. The number of alkyl halides is 2. The smallest absolute Gasteiger partial charge is 0.387 e. The summed E-state index contributed by atoms with van der Waals surface area (Å²) in [7, 11) is 0. The highest BCUT2D eigenvalue weighted by atomic mass is 35.5. The minimum absolute atomic E-state index is 0.0556. The quantitative estimate of drug-likeness (QED) is 0.676. The highest BCUT2D eigenvalue weighted by Gasteiger charge is 2.13. The van der Waals surface area contributed by atoms with Gasteiger partial charge < -0.3 is 14.6 Å². The van der Waals surface area contributed by atoms with Gasteiger partial charge in [0.2, 0.25) is 5.95 Å². The van der Waals surface area contributed by atoms with Crippen LogP contribution >= 0.6 is 11.6 Å². The molecular weight excluding hydrogens is 370 g/mol. The van der Waals surface area contributed by atoms with Crippen molar-refractivity contribution in [3.05, 3.63) is 59.4 Å². The average molecular weight is 383 g/mol. The highest BCUT2D eigenvalue weighted by molar-refractivity contribution is 6.31. The van der Waals surface area contributed by atoms with Crippen LogP contribution in [0.2, 0.25) is 5.02 Å². The van der Waals surface area contributed by atoms with Crippen LogP contribution in [0.5, 0.6) is 11.5 Å². The van der Waals surface area contributed by atoms with E-state index < -0.39 is 6.61 Å². The fourth-order valence-corrected chi connectivity index (χ4v) is 2.33. The number of halogens is 3. The van der Waals surface area contributed by atoms with Crippen LogP contribution in [0.15, 0.2) is 43.1 Å². The van der Waals surface area contributed by atoms with Gasteiger partial charge in [-0.15, -0.1) is 0 Å². The molecule has 0 radical (unpaired) electrons. The zero-order valence-corrected chi connectivity index (χ0v) is 14.0. The number of nitrogens with zero attached hydrogens (tertiary/aromatic N) is 4. The maximum Gasteiger partial charge on any atom is 0.387 e. The van der Waals surface area contributed by atoms with E-state index in [0.717, 1.165) is 0 Å². The summed E-state index contributed by atoms with van der Waals surface area (Å²) in [5.74, 6) is 0.600. The van der Waals surface area contributed by atoms with Crippen LogP contribution in [-0.2, 0) is 13.2 Å². The Hall–Kier alpha value is -2.78. The number of benzene rings is 1. The number of aliphatic hydroxyl groups excluding tert-OH is 1. The van der Waals surface area contributed by atoms with Crippen molar-refractivity contribution in [1.82, 2.24) is 19.5 Å². The maximum absolute atomic E-state index is 12.5. The van der Waals surface area contributed by atoms with Crippen LogP contribution in [0.1, 0.15) is 11.3 Å². The summed E-state index contributed by atoms with van der Waals surface area (Å²) in [5, 5.41) is 9.26. The first kappa shape index (κ1) is 18.0. The summed E-state index contributed by atoms with van der Waals surface area (Å²) >= 11 is 6.03. The van der Waals surface area contributed by atoms with Crippen molar-refractivity contribution in [1.29, 1.82) is 0 Å². The number of imidazole rings is 1. The third-order valence-corrected chi connectivity index (χ3v) is 3.67. The largest absolute Gasteiger partial charge is 0.485 e. The number of aromatic nitrogens is 4. The van der Waals surface area contributed by atoms with Crippen LogP contribution in [0, 0.1) is 0 Å². The molecular formula is C16H13ClF2N4O3. The van der Waals surface area contributed by atoms with E-state index >= 15 is 0 Å². The molecule has 0 aliphatic rings. The molecule has 1 aromatic carbocycles. The molecule has 0 atom stereocenters. The minimum Gasteiger partial charge on any atom is -0.485 e. The van der Waals surface area contributed by atoms with Crippen molar-refractivity contribution < 1.29 is 23.4 Å². The van der Waals surface area contributed by atoms with Gasteiger partial charge >= 0.3 is 6.61 Å². The predicted octanol–water partition coefficient (Wildman–Crippen LogP) is 2.99. The van der Waals surface area contributed by atoms with Gasteiger partial charge in [0.1, 0.15) is 18.7 Å². The summed E-state index contributed by atoms with van der Waals surface area (Å²) in [6.07, 6.45) is 5.91. The molecule has 0 spiro atoms. The summed E-state index contributed by atoms with van der Waals surface area (Å²) in [6.45, 7) is -3.24.